The van der Waals surface area contributed by atoms with Crippen LogP contribution >= 0.6 is 0 Å². The third-order valence-corrected chi connectivity index (χ3v) is 5.10. The van der Waals surface area contributed by atoms with Crippen LogP contribution in [0.15, 0.2) is 60.8 Å². The molecular weight excluding hydrogens is 300 g/mol. The van der Waals surface area contributed by atoms with Crippen LogP contribution in [0.2, 0.25) is 0 Å². The fourth-order valence-electron chi connectivity index (χ4n) is 3.78. The van der Waals surface area contributed by atoms with Crippen molar-refractivity contribution in [3.63, 3.8) is 0 Å². The van der Waals surface area contributed by atoms with Crippen LogP contribution in [0, 0.1) is 10.1 Å². The third kappa shape index (κ3) is 2.63. The van der Waals surface area contributed by atoms with E-state index in [0.29, 0.717) is 5.70 Å². The number of nitrogens with zero attached hydrogens (tertiary/aromatic N) is 2. The maximum atomic E-state index is 12.7. The number of benzene rings is 2. The smallest absolute Gasteiger partial charge is 0.244 e. The first kappa shape index (κ1) is 15.1. The maximum absolute atomic E-state index is 12.7. The van der Waals surface area contributed by atoms with Crippen LogP contribution in [0.5, 0.6) is 0 Å². The number of hydrogen-bond acceptors (Lipinski definition) is 3. The maximum Gasteiger partial charge on any atom is 0.244 e. The minimum atomic E-state index is -0.218. The van der Waals surface area contributed by atoms with E-state index in [0.717, 1.165) is 52.2 Å². The van der Waals surface area contributed by atoms with Gasteiger partial charge in [-0.3, -0.25) is 0 Å². The van der Waals surface area contributed by atoms with Gasteiger partial charge in [0, 0.05) is 21.7 Å². The van der Waals surface area contributed by atoms with Gasteiger partial charge in [-0.05, 0) is 24.0 Å². The summed E-state index contributed by atoms with van der Waals surface area (Å²) in [5.41, 5.74) is 3.52. The van der Waals surface area contributed by atoms with Crippen LogP contribution in [0.25, 0.3) is 16.8 Å². The second-order valence-corrected chi connectivity index (χ2v) is 6.56. The zero-order chi connectivity index (χ0) is 16.5. The van der Waals surface area contributed by atoms with Crippen molar-refractivity contribution in [3.05, 3.63) is 76.5 Å². The number of nitroso groups, excluding NO2 is 1. The molecule has 1 saturated carbocycles. The van der Waals surface area contributed by atoms with Gasteiger partial charge in [0.1, 0.15) is 5.70 Å². The van der Waals surface area contributed by atoms with E-state index in [4.69, 9.17) is 0 Å². The van der Waals surface area contributed by atoms with E-state index in [2.05, 4.69) is 12.1 Å². The average Bonchev–Trinajstić information content (AvgIpc) is 2.66. The first-order valence-corrected chi connectivity index (χ1v) is 8.53. The predicted molar refractivity (Wildman–Crippen MR) is 94.7 cm³/mol. The summed E-state index contributed by atoms with van der Waals surface area (Å²) in [5.74, 6) is 0. The predicted octanol–water partition coefficient (Wildman–Crippen LogP) is 4.56. The Kier molecular flexibility index (Phi) is 3.90. The standard InChI is InChI=1S/C20H20N2O2/c23-21-14-20(22(24)19-9-5-4-8-18(19)21)17-12-10-16(11-13-17)15-6-2-1-3-7-15/h1-3,6-7,10-14,18-19H,4-5,8-9H2/t18-,19+/m1/s1. The number of hydrogen-bond donors (Lipinski definition) is 0. The lowest BCUT2D eigenvalue weighted by Crippen LogP contribution is -2.49. The molecule has 1 aliphatic carbocycles. The monoisotopic (exact) mass is 320 g/mol. The SMILES string of the molecule is O=[N+]1C=C(c2ccc(-c3ccccc3)cc2)N([O-])[C@H]2CCCC[C@H]21. The van der Waals surface area contributed by atoms with E-state index >= 15 is 0 Å². The first-order valence-electron chi connectivity index (χ1n) is 8.53. The third-order valence-electron chi connectivity index (χ3n) is 5.10. The Bertz CT molecular complexity index is 768. The highest BCUT2D eigenvalue weighted by atomic mass is 16.5. The van der Waals surface area contributed by atoms with Crippen LogP contribution in [0.3, 0.4) is 0 Å². The van der Waals surface area contributed by atoms with Gasteiger partial charge < -0.3 is 10.3 Å². The van der Waals surface area contributed by atoms with Crippen molar-refractivity contribution in [1.82, 2.24) is 5.06 Å². The molecule has 2 atom stereocenters. The van der Waals surface area contributed by atoms with E-state index in [1.807, 2.05) is 42.5 Å². The first-order chi connectivity index (χ1) is 11.7. The van der Waals surface area contributed by atoms with Gasteiger partial charge in [0.25, 0.3) is 0 Å². The Morgan fingerprint density at radius 1 is 0.875 bits per heavy atom. The summed E-state index contributed by atoms with van der Waals surface area (Å²) in [6.07, 6.45) is 5.13. The lowest BCUT2D eigenvalue weighted by atomic mass is 9.88. The zero-order valence-electron chi connectivity index (χ0n) is 13.5. The molecule has 24 heavy (non-hydrogen) atoms. The molecule has 2 aromatic rings. The van der Waals surface area contributed by atoms with E-state index in [1.165, 1.54) is 6.20 Å². The molecule has 2 aromatic carbocycles. The molecule has 4 nitrogen and oxygen atoms in total. The van der Waals surface area contributed by atoms with Gasteiger partial charge in [0.15, 0.2) is 0 Å². The largest absolute Gasteiger partial charge is 0.758 e. The molecule has 1 aliphatic heterocycles. The quantitative estimate of drug-likeness (QED) is 0.762. The lowest BCUT2D eigenvalue weighted by molar-refractivity contribution is -0.536. The molecule has 0 amide bonds. The average molecular weight is 320 g/mol. The minimum Gasteiger partial charge on any atom is -0.758 e. The number of hydroxylamine groups is 2. The van der Waals surface area contributed by atoms with E-state index in [-0.39, 0.29) is 12.1 Å². The molecule has 2 aliphatic rings. The molecular formula is C20H20N2O2. The molecule has 1 heterocycles. The molecule has 0 spiro atoms. The van der Waals surface area contributed by atoms with Gasteiger partial charge in [-0.25, -0.2) is 0 Å². The van der Waals surface area contributed by atoms with Crippen molar-refractivity contribution in [2.45, 2.75) is 37.8 Å². The molecule has 4 rings (SSSR count). The minimum absolute atomic E-state index is 0.191. The van der Waals surface area contributed by atoms with E-state index < -0.39 is 0 Å². The Morgan fingerprint density at radius 2 is 1.50 bits per heavy atom. The highest BCUT2D eigenvalue weighted by Gasteiger charge is 2.41. The molecule has 0 aromatic heterocycles. The van der Waals surface area contributed by atoms with Gasteiger partial charge >= 0.3 is 0 Å². The molecule has 1 fully saturated rings. The Labute approximate surface area is 141 Å². The highest BCUT2D eigenvalue weighted by molar-refractivity contribution is 5.69. The molecule has 122 valence electrons. The molecule has 0 unspecified atom stereocenters. The van der Waals surface area contributed by atoms with Crippen LogP contribution < -0.4 is 0 Å². The van der Waals surface area contributed by atoms with Crippen molar-refractivity contribution in [2.75, 3.05) is 0 Å². The van der Waals surface area contributed by atoms with Gasteiger partial charge in [0.05, 0.1) is 6.04 Å². The van der Waals surface area contributed by atoms with Gasteiger partial charge in [-0.15, -0.1) is 0 Å². The number of fused-ring (bicyclic) bond motifs is 1. The van der Waals surface area contributed by atoms with Crippen molar-refractivity contribution in [3.8, 4) is 11.1 Å². The lowest BCUT2D eigenvalue weighted by Gasteiger charge is -2.44. The second-order valence-electron chi connectivity index (χ2n) is 6.56. The van der Waals surface area contributed by atoms with E-state index in [1.54, 1.807) is 0 Å². The molecule has 0 bridgehead atoms. The van der Waals surface area contributed by atoms with E-state index in [9.17, 15) is 10.1 Å². The fourth-order valence-corrected chi connectivity index (χ4v) is 3.78. The van der Waals surface area contributed by atoms with Crippen molar-refractivity contribution >= 4 is 5.70 Å². The second kappa shape index (κ2) is 6.21. The Morgan fingerprint density at radius 3 is 2.25 bits per heavy atom. The molecule has 0 saturated heterocycles. The Hall–Kier alpha value is -2.46. The zero-order valence-corrected chi connectivity index (χ0v) is 13.5. The van der Waals surface area contributed by atoms with Gasteiger partial charge in [0.2, 0.25) is 12.2 Å². The van der Waals surface area contributed by atoms with Gasteiger partial charge in [-0.1, -0.05) is 61.0 Å². The summed E-state index contributed by atoms with van der Waals surface area (Å²) < 4.78 is 0.999. The molecule has 0 radical (unpaired) electrons. The van der Waals surface area contributed by atoms with Crippen LogP contribution in [0.4, 0.5) is 0 Å². The highest BCUT2D eigenvalue weighted by Crippen LogP contribution is 2.35. The molecule has 0 N–H and O–H groups in total. The molecule has 4 heteroatoms. The Balaban J connectivity index is 1.64. The number of rotatable bonds is 2. The summed E-state index contributed by atoms with van der Waals surface area (Å²) >= 11 is 0. The summed E-state index contributed by atoms with van der Waals surface area (Å²) in [6.45, 7) is 0. The summed E-state index contributed by atoms with van der Waals surface area (Å²) in [6, 6.07) is 17.6. The van der Waals surface area contributed by atoms with Gasteiger partial charge in [-0.2, -0.15) is 0 Å². The van der Waals surface area contributed by atoms with Crippen molar-refractivity contribution < 1.29 is 4.76 Å². The summed E-state index contributed by atoms with van der Waals surface area (Å²) in [4.78, 5) is 12.3. The normalized spacial score (nSPS) is 23.6. The topological polar surface area (TPSA) is 46.4 Å². The van der Waals surface area contributed by atoms with Crippen LogP contribution in [-0.4, -0.2) is 21.9 Å². The summed E-state index contributed by atoms with van der Waals surface area (Å²) in [5, 5.41) is 13.8. The fraction of sp³-hybridized carbons (Fsp3) is 0.300. The summed E-state index contributed by atoms with van der Waals surface area (Å²) in [7, 11) is 0. The van der Waals surface area contributed by atoms with Crippen molar-refractivity contribution in [1.29, 1.82) is 0 Å². The van der Waals surface area contributed by atoms with Crippen molar-refractivity contribution in [2.24, 2.45) is 0 Å². The van der Waals surface area contributed by atoms with Crippen LogP contribution in [-0.2, 0) is 0 Å². The van der Waals surface area contributed by atoms with Crippen LogP contribution in [0.1, 0.15) is 31.2 Å².